The summed E-state index contributed by atoms with van der Waals surface area (Å²) in [6.45, 7) is 7.36. The quantitative estimate of drug-likeness (QED) is 0.238. The van der Waals surface area contributed by atoms with Crippen LogP contribution >= 0.6 is 24.0 Å². The first-order valence-corrected chi connectivity index (χ1v) is 9.00. The van der Waals surface area contributed by atoms with E-state index in [9.17, 15) is 4.79 Å². The SMILES string of the molecule is CCCCNC(=O)c1ccc(CN=C(N)Nc2cc(C)cc(C)c2)cc1.I. The monoisotopic (exact) mass is 480 g/mol. The third kappa shape index (κ3) is 7.99. The second-order valence-electron chi connectivity index (χ2n) is 6.51. The van der Waals surface area contributed by atoms with E-state index in [1.165, 1.54) is 11.1 Å². The number of carbonyl (C=O) groups is 1. The molecule has 6 heteroatoms. The molecule has 0 atom stereocenters. The Morgan fingerprint density at radius 1 is 1.07 bits per heavy atom. The highest BCUT2D eigenvalue weighted by atomic mass is 127. The molecule has 27 heavy (non-hydrogen) atoms. The van der Waals surface area contributed by atoms with Crippen molar-refractivity contribution in [2.45, 2.75) is 40.2 Å². The smallest absolute Gasteiger partial charge is 0.251 e. The van der Waals surface area contributed by atoms with Gasteiger partial charge in [0.25, 0.3) is 5.91 Å². The normalized spacial score (nSPS) is 10.9. The molecule has 0 aliphatic heterocycles. The summed E-state index contributed by atoms with van der Waals surface area (Å²) < 4.78 is 0. The molecule has 5 nitrogen and oxygen atoms in total. The lowest BCUT2D eigenvalue weighted by atomic mass is 10.1. The number of aryl methyl sites for hydroxylation is 2. The maximum atomic E-state index is 12.0. The zero-order chi connectivity index (χ0) is 18.9. The number of amides is 1. The van der Waals surface area contributed by atoms with E-state index >= 15 is 0 Å². The minimum Gasteiger partial charge on any atom is -0.370 e. The Kier molecular flexibility index (Phi) is 9.85. The summed E-state index contributed by atoms with van der Waals surface area (Å²) >= 11 is 0. The second-order valence-corrected chi connectivity index (χ2v) is 6.51. The highest BCUT2D eigenvalue weighted by molar-refractivity contribution is 14.0. The van der Waals surface area contributed by atoms with Crippen LogP contribution in [0.4, 0.5) is 5.69 Å². The van der Waals surface area contributed by atoms with Crippen molar-refractivity contribution in [2.75, 3.05) is 11.9 Å². The number of nitrogens with zero attached hydrogens (tertiary/aromatic N) is 1. The molecule has 0 spiro atoms. The van der Waals surface area contributed by atoms with E-state index < -0.39 is 0 Å². The molecule has 146 valence electrons. The van der Waals surface area contributed by atoms with Crippen LogP contribution < -0.4 is 16.4 Å². The molecule has 0 fully saturated rings. The molecular formula is C21H29IN4O. The maximum Gasteiger partial charge on any atom is 0.251 e. The van der Waals surface area contributed by atoms with Crippen molar-refractivity contribution in [3.63, 3.8) is 0 Å². The van der Waals surface area contributed by atoms with Crippen molar-refractivity contribution in [2.24, 2.45) is 10.7 Å². The number of carbonyl (C=O) groups excluding carboxylic acids is 1. The molecule has 2 aromatic rings. The first-order valence-electron chi connectivity index (χ1n) is 9.00. The van der Waals surface area contributed by atoms with Crippen LogP contribution in [-0.4, -0.2) is 18.4 Å². The van der Waals surface area contributed by atoms with Crippen LogP contribution in [0.5, 0.6) is 0 Å². The molecular weight excluding hydrogens is 451 g/mol. The second kappa shape index (κ2) is 11.6. The lowest BCUT2D eigenvalue weighted by molar-refractivity contribution is 0.0953. The van der Waals surface area contributed by atoms with Gasteiger partial charge in [-0.2, -0.15) is 0 Å². The van der Waals surface area contributed by atoms with E-state index in [0.29, 0.717) is 24.6 Å². The average molecular weight is 480 g/mol. The maximum absolute atomic E-state index is 12.0. The number of guanidine groups is 1. The fourth-order valence-corrected chi connectivity index (χ4v) is 2.65. The Balaban J connectivity index is 0.00000364. The number of aliphatic imine (C=N–C) groups is 1. The fourth-order valence-electron chi connectivity index (χ4n) is 2.65. The minimum atomic E-state index is -0.0375. The van der Waals surface area contributed by atoms with E-state index in [1.807, 2.05) is 50.2 Å². The summed E-state index contributed by atoms with van der Waals surface area (Å²) in [5.41, 5.74) is 10.9. The van der Waals surface area contributed by atoms with Gasteiger partial charge < -0.3 is 16.4 Å². The van der Waals surface area contributed by atoms with Crippen molar-refractivity contribution in [3.8, 4) is 0 Å². The molecule has 2 aromatic carbocycles. The van der Waals surface area contributed by atoms with Gasteiger partial charge in [-0.1, -0.05) is 31.5 Å². The van der Waals surface area contributed by atoms with Crippen LogP contribution in [0.3, 0.4) is 0 Å². The molecule has 0 unspecified atom stereocenters. The predicted octanol–water partition coefficient (Wildman–Crippen LogP) is 4.38. The molecule has 0 radical (unpaired) electrons. The van der Waals surface area contributed by atoms with Gasteiger partial charge in [-0.3, -0.25) is 4.79 Å². The van der Waals surface area contributed by atoms with Gasteiger partial charge in [0, 0.05) is 17.8 Å². The van der Waals surface area contributed by atoms with E-state index in [0.717, 1.165) is 24.1 Å². The Hall–Kier alpha value is -2.09. The molecule has 0 aliphatic carbocycles. The molecule has 0 aliphatic rings. The van der Waals surface area contributed by atoms with Crippen LogP contribution in [0.15, 0.2) is 47.5 Å². The number of nitrogens with two attached hydrogens (primary N) is 1. The summed E-state index contributed by atoms with van der Waals surface area (Å²) in [5, 5.41) is 6.03. The molecule has 0 saturated carbocycles. The summed E-state index contributed by atoms with van der Waals surface area (Å²) in [5.74, 6) is 0.334. The van der Waals surface area contributed by atoms with Gasteiger partial charge in [0.15, 0.2) is 5.96 Å². The van der Waals surface area contributed by atoms with Gasteiger partial charge in [-0.05, 0) is 61.2 Å². The number of benzene rings is 2. The fraction of sp³-hybridized carbons (Fsp3) is 0.333. The summed E-state index contributed by atoms with van der Waals surface area (Å²) in [7, 11) is 0. The van der Waals surface area contributed by atoms with Crippen molar-refractivity contribution in [3.05, 3.63) is 64.7 Å². The standard InChI is InChI=1S/C21H28N4O.HI/c1-4-5-10-23-20(26)18-8-6-17(7-9-18)14-24-21(22)25-19-12-15(2)11-16(3)13-19;/h6-9,11-13H,4-5,10,14H2,1-3H3,(H,23,26)(H3,22,24,25);1H. The van der Waals surface area contributed by atoms with Gasteiger partial charge in [-0.25, -0.2) is 4.99 Å². The van der Waals surface area contributed by atoms with E-state index in [2.05, 4.69) is 28.6 Å². The summed E-state index contributed by atoms with van der Waals surface area (Å²) in [6, 6.07) is 13.6. The number of halogens is 1. The van der Waals surface area contributed by atoms with Gasteiger partial charge in [-0.15, -0.1) is 24.0 Å². The Morgan fingerprint density at radius 2 is 1.70 bits per heavy atom. The van der Waals surface area contributed by atoms with Gasteiger partial charge in [0.2, 0.25) is 0 Å². The number of anilines is 1. The van der Waals surface area contributed by atoms with Crippen LogP contribution in [0.25, 0.3) is 0 Å². The topological polar surface area (TPSA) is 79.5 Å². The number of rotatable bonds is 7. The molecule has 4 N–H and O–H groups in total. The summed E-state index contributed by atoms with van der Waals surface area (Å²) in [6.07, 6.45) is 2.06. The van der Waals surface area contributed by atoms with Gasteiger partial charge >= 0.3 is 0 Å². The molecule has 0 saturated heterocycles. The zero-order valence-electron chi connectivity index (χ0n) is 16.2. The van der Waals surface area contributed by atoms with Gasteiger partial charge in [0.1, 0.15) is 0 Å². The number of hydrogen-bond donors (Lipinski definition) is 3. The number of nitrogens with one attached hydrogen (secondary N) is 2. The lowest BCUT2D eigenvalue weighted by Crippen LogP contribution is -2.24. The van der Waals surface area contributed by atoms with Crippen molar-refractivity contribution >= 4 is 41.5 Å². The largest absolute Gasteiger partial charge is 0.370 e. The highest BCUT2D eigenvalue weighted by Gasteiger charge is 2.04. The van der Waals surface area contributed by atoms with E-state index in [4.69, 9.17) is 5.73 Å². The van der Waals surface area contributed by atoms with E-state index in [1.54, 1.807) is 0 Å². The van der Waals surface area contributed by atoms with Crippen LogP contribution in [-0.2, 0) is 6.54 Å². The molecule has 2 rings (SSSR count). The number of unbranched alkanes of at least 4 members (excludes halogenated alkanes) is 1. The summed E-state index contributed by atoms with van der Waals surface area (Å²) in [4.78, 5) is 16.4. The zero-order valence-corrected chi connectivity index (χ0v) is 18.5. The van der Waals surface area contributed by atoms with E-state index in [-0.39, 0.29) is 29.9 Å². The van der Waals surface area contributed by atoms with Gasteiger partial charge in [0.05, 0.1) is 6.54 Å². The van der Waals surface area contributed by atoms with Crippen LogP contribution in [0, 0.1) is 13.8 Å². The predicted molar refractivity (Wildman–Crippen MR) is 124 cm³/mol. The van der Waals surface area contributed by atoms with Crippen molar-refractivity contribution in [1.82, 2.24) is 5.32 Å². The molecule has 0 heterocycles. The van der Waals surface area contributed by atoms with Crippen LogP contribution in [0.1, 0.15) is 46.8 Å². The molecule has 0 aromatic heterocycles. The first kappa shape index (κ1) is 23.0. The molecule has 1 amide bonds. The Morgan fingerprint density at radius 3 is 2.30 bits per heavy atom. The third-order valence-electron chi connectivity index (χ3n) is 3.96. The minimum absolute atomic E-state index is 0. The molecule has 0 bridgehead atoms. The lowest BCUT2D eigenvalue weighted by Gasteiger charge is -2.08. The number of hydrogen-bond acceptors (Lipinski definition) is 2. The third-order valence-corrected chi connectivity index (χ3v) is 3.96. The van der Waals surface area contributed by atoms with Crippen molar-refractivity contribution < 1.29 is 4.79 Å². The van der Waals surface area contributed by atoms with Crippen LogP contribution in [0.2, 0.25) is 0 Å². The Labute approximate surface area is 178 Å². The Bertz CT molecular complexity index is 752. The average Bonchev–Trinajstić information content (AvgIpc) is 2.59. The first-order chi connectivity index (χ1) is 12.5. The van der Waals surface area contributed by atoms with Crippen molar-refractivity contribution in [1.29, 1.82) is 0 Å². The highest BCUT2D eigenvalue weighted by Crippen LogP contribution is 2.13.